The molecule has 2 rings (SSSR count). The van der Waals surface area contributed by atoms with Crippen molar-refractivity contribution in [1.82, 2.24) is 19.9 Å². The van der Waals surface area contributed by atoms with Gasteiger partial charge >= 0.3 is 0 Å². The molecule has 0 saturated heterocycles. The lowest BCUT2D eigenvalue weighted by molar-refractivity contribution is 0.0956. The Morgan fingerprint density at radius 3 is 2.94 bits per heavy atom. The smallest absolute Gasteiger partial charge is 0.255 e. The second-order valence-corrected chi connectivity index (χ2v) is 4.37. The van der Waals surface area contributed by atoms with Crippen molar-refractivity contribution in [3.05, 3.63) is 29.7 Å². The summed E-state index contributed by atoms with van der Waals surface area (Å²) in [6, 6.07) is 3.56. The molecule has 6 nitrogen and oxygen atoms in total. The number of nitrogens with one attached hydrogen (secondary N) is 1. The minimum Gasteiger partial charge on any atom is -0.351 e. The number of carbonyl (C=O) groups excluding carboxylic acids is 1. The molecule has 0 radical (unpaired) electrons. The zero-order valence-electron chi connectivity index (χ0n) is 10.6. The summed E-state index contributed by atoms with van der Waals surface area (Å²) in [6.45, 7) is 4.94. The van der Waals surface area contributed by atoms with Crippen molar-refractivity contribution in [2.75, 3.05) is 13.1 Å². The number of aromatic nitrogens is 3. The molecule has 2 heterocycles. The molecule has 0 bridgehead atoms. The fourth-order valence-electron chi connectivity index (χ4n) is 1.79. The summed E-state index contributed by atoms with van der Waals surface area (Å²) < 4.78 is 1.85. The molecule has 0 aromatic carbocycles. The van der Waals surface area contributed by atoms with Crippen molar-refractivity contribution < 1.29 is 4.79 Å². The molecule has 0 spiro atoms. The number of hydrogen-bond acceptors (Lipinski definition) is 4. The maximum absolute atomic E-state index is 11.9. The lowest BCUT2D eigenvalue weighted by Crippen LogP contribution is -2.29. The van der Waals surface area contributed by atoms with Gasteiger partial charge < -0.3 is 11.1 Å². The van der Waals surface area contributed by atoms with Crippen molar-refractivity contribution >= 4 is 11.6 Å². The van der Waals surface area contributed by atoms with Crippen LogP contribution in [0.15, 0.2) is 18.3 Å². The molecule has 0 aliphatic rings. The maximum Gasteiger partial charge on any atom is 0.255 e. The van der Waals surface area contributed by atoms with Gasteiger partial charge in [0, 0.05) is 25.2 Å². The highest BCUT2D eigenvalue weighted by atomic mass is 16.1. The molecular formula is C12H17N5O. The highest BCUT2D eigenvalue weighted by molar-refractivity contribution is 5.99. The molecule has 0 saturated carbocycles. The van der Waals surface area contributed by atoms with E-state index in [1.54, 1.807) is 6.07 Å². The second kappa shape index (κ2) is 5.14. The third-order valence-corrected chi connectivity index (χ3v) is 2.65. The van der Waals surface area contributed by atoms with Gasteiger partial charge in [0.1, 0.15) is 5.82 Å². The monoisotopic (exact) mass is 247 g/mol. The van der Waals surface area contributed by atoms with Gasteiger partial charge in [0.25, 0.3) is 5.91 Å². The summed E-state index contributed by atoms with van der Waals surface area (Å²) in [7, 11) is 0. The van der Waals surface area contributed by atoms with E-state index in [4.69, 9.17) is 5.73 Å². The predicted octanol–water partition coefficient (Wildman–Crippen LogP) is 0.541. The van der Waals surface area contributed by atoms with Crippen LogP contribution in [-0.4, -0.2) is 33.6 Å². The molecule has 6 heteroatoms. The summed E-state index contributed by atoms with van der Waals surface area (Å²) >= 11 is 0. The van der Waals surface area contributed by atoms with Gasteiger partial charge in [-0.3, -0.25) is 9.20 Å². The van der Waals surface area contributed by atoms with Gasteiger partial charge in [-0.1, -0.05) is 13.8 Å². The lowest BCUT2D eigenvalue weighted by Gasteiger charge is -2.06. The number of fused-ring (bicyclic) bond motifs is 1. The SMILES string of the molecule is CC(C)c1nnc2c(C(=O)NCCN)cccn12. The Balaban J connectivity index is 2.43. The third-order valence-electron chi connectivity index (χ3n) is 2.65. The maximum atomic E-state index is 11.9. The largest absolute Gasteiger partial charge is 0.351 e. The number of nitrogens with zero attached hydrogens (tertiary/aromatic N) is 3. The minimum absolute atomic E-state index is 0.172. The number of nitrogens with two attached hydrogens (primary N) is 1. The average molecular weight is 247 g/mol. The van der Waals surface area contributed by atoms with E-state index in [2.05, 4.69) is 15.5 Å². The molecule has 0 unspecified atom stereocenters. The number of hydrogen-bond donors (Lipinski definition) is 2. The van der Waals surface area contributed by atoms with Crippen molar-refractivity contribution in [3.63, 3.8) is 0 Å². The lowest BCUT2D eigenvalue weighted by atomic mass is 10.2. The summed E-state index contributed by atoms with van der Waals surface area (Å²) in [6.07, 6.45) is 1.87. The van der Waals surface area contributed by atoms with E-state index in [1.165, 1.54) is 0 Å². The van der Waals surface area contributed by atoms with Crippen LogP contribution < -0.4 is 11.1 Å². The van der Waals surface area contributed by atoms with E-state index in [1.807, 2.05) is 30.5 Å². The first kappa shape index (κ1) is 12.5. The molecule has 1 amide bonds. The highest BCUT2D eigenvalue weighted by Gasteiger charge is 2.15. The Bertz CT molecular complexity index is 561. The van der Waals surface area contributed by atoms with Crippen LogP contribution in [0.2, 0.25) is 0 Å². The first-order valence-corrected chi connectivity index (χ1v) is 5.97. The van der Waals surface area contributed by atoms with Gasteiger partial charge in [-0.25, -0.2) is 0 Å². The molecular weight excluding hydrogens is 230 g/mol. The minimum atomic E-state index is -0.172. The zero-order valence-corrected chi connectivity index (χ0v) is 10.6. The Morgan fingerprint density at radius 2 is 2.28 bits per heavy atom. The molecule has 0 fully saturated rings. The van der Waals surface area contributed by atoms with Gasteiger partial charge in [-0.05, 0) is 12.1 Å². The summed E-state index contributed by atoms with van der Waals surface area (Å²) in [4.78, 5) is 11.9. The topological polar surface area (TPSA) is 85.3 Å². The van der Waals surface area contributed by atoms with Crippen LogP contribution in [0.4, 0.5) is 0 Å². The van der Waals surface area contributed by atoms with Crippen LogP contribution in [0.3, 0.4) is 0 Å². The molecule has 2 aromatic rings. The summed E-state index contributed by atoms with van der Waals surface area (Å²) in [5, 5.41) is 11.0. The average Bonchev–Trinajstić information content (AvgIpc) is 2.79. The quantitative estimate of drug-likeness (QED) is 0.825. The molecule has 3 N–H and O–H groups in total. The Hall–Kier alpha value is -1.95. The number of rotatable bonds is 4. The number of carbonyl (C=O) groups is 1. The Kier molecular flexibility index (Phi) is 3.57. The van der Waals surface area contributed by atoms with E-state index in [9.17, 15) is 4.79 Å². The fourth-order valence-corrected chi connectivity index (χ4v) is 1.79. The van der Waals surface area contributed by atoms with E-state index in [0.717, 1.165) is 5.82 Å². The molecule has 2 aromatic heterocycles. The molecule has 0 aliphatic carbocycles. The highest BCUT2D eigenvalue weighted by Crippen LogP contribution is 2.16. The van der Waals surface area contributed by atoms with Gasteiger partial charge in [-0.15, -0.1) is 10.2 Å². The van der Waals surface area contributed by atoms with Crippen molar-refractivity contribution in [2.45, 2.75) is 19.8 Å². The third kappa shape index (κ3) is 2.19. The van der Waals surface area contributed by atoms with Crippen molar-refractivity contribution in [3.8, 4) is 0 Å². The number of amides is 1. The molecule has 0 atom stereocenters. The van der Waals surface area contributed by atoms with Crippen LogP contribution in [0.5, 0.6) is 0 Å². The van der Waals surface area contributed by atoms with Gasteiger partial charge in [-0.2, -0.15) is 0 Å². The molecule has 18 heavy (non-hydrogen) atoms. The van der Waals surface area contributed by atoms with Crippen molar-refractivity contribution in [2.24, 2.45) is 5.73 Å². The van der Waals surface area contributed by atoms with Crippen LogP contribution in [0.25, 0.3) is 5.65 Å². The van der Waals surface area contributed by atoms with E-state index in [0.29, 0.717) is 24.3 Å². The van der Waals surface area contributed by atoms with Crippen LogP contribution in [0, 0.1) is 0 Å². The summed E-state index contributed by atoms with van der Waals surface area (Å²) in [5.41, 5.74) is 6.46. The molecule has 0 aliphatic heterocycles. The van der Waals surface area contributed by atoms with E-state index < -0.39 is 0 Å². The normalized spacial score (nSPS) is 11.1. The first-order valence-electron chi connectivity index (χ1n) is 5.97. The second-order valence-electron chi connectivity index (χ2n) is 4.37. The van der Waals surface area contributed by atoms with Gasteiger partial charge in [0.05, 0.1) is 5.56 Å². The first-order chi connectivity index (χ1) is 8.65. The molecule has 96 valence electrons. The Morgan fingerprint density at radius 1 is 1.50 bits per heavy atom. The predicted molar refractivity (Wildman–Crippen MR) is 68.5 cm³/mol. The van der Waals surface area contributed by atoms with Gasteiger partial charge in [0.2, 0.25) is 0 Å². The standard InChI is InChI=1S/C12H17N5O/c1-8(2)10-15-16-11-9(4-3-7-17(10)11)12(18)14-6-5-13/h3-4,7-8H,5-6,13H2,1-2H3,(H,14,18). The van der Waals surface area contributed by atoms with Crippen LogP contribution in [0.1, 0.15) is 35.9 Å². The van der Waals surface area contributed by atoms with Crippen molar-refractivity contribution in [1.29, 1.82) is 0 Å². The van der Waals surface area contributed by atoms with Crippen LogP contribution in [-0.2, 0) is 0 Å². The zero-order chi connectivity index (χ0) is 13.1. The fraction of sp³-hybridized carbons (Fsp3) is 0.417. The van der Waals surface area contributed by atoms with E-state index >= 15 is 0 Å². The summed E-state index contributed by atoms with van der Waals surface area (Å²) in [5.74, 6) is 0.926. The van der Waals surface area contributed by atoms with Gasteiger partial charge in [0.15, 0.2) is 5.65 Å². The van der Waals surface area contributed by atoms with E-state index in [-0.39, 0.29) is 11.8 Å². The van der Waals surface area contributed by atoms with Crippen LogP contribution >= 0.6 is 0 Å². The Labute approximate surface area is 105 Å². The number of pyridine rings is 1.